The number of hydrogen-bond acceptors (Lipinski definition) is 4. The van der Waals surface area contributed by atoms with E-state index in [0.29, 0.717) is 12.3 Å². The van der Waals surface area contributed by atoms with Crippen LogP contribution in [0.25, 0.3) is 11.4 Å². The van der Waals surface area contributed by atoms with Crippen molar-refractivity contribution in [2.75, 3.05) is 11.5 Å². The number of benzene rings is 2. The zero-order valence-corrected chi connectivity index (χ0v) is 20.3. The van der Waals surface area contributed by atoms with Crippen molar-refractivity contribution in [2.24, 2.45) is 0 Å². The molecule has 8 heteroatoms. The van der Waals surface area contributed by atoms with Crippen LogP contribution in [0.4, 0.5) is 30.2 Å². The molecule has 2 aromatic carbocycles. The third-order valence-corrected chi connectivity index (χ3v) is 5.81. The van der Waals surface area contributed by atoms with Gasteiger partial charge in [0.05, 0.1) is 24.2 Å². The SMILES string of the molecule is CCCCCCOc1ccc(N(c2ccc(C)cc2)c2ccc(-c3cc(C(F)(F)F)[nH]n3)nc2)cc1. The van der Waals surface area contributed by atoms with Crippen LogP contribution in [0, 0.1) is 6.92 Å². The molecule has 0 fully saturated rings. The fourth-order valence-electron chi connectivity index (χ4n) is 3.82. The maximum atomic E-state index is 12.9. The number of anilines is 3. The molecule has 4 aromatic rings. The quantitative estimate of drug-likeness (QED) is 0.226. The number of alkyl halides is 3. The highest BCUT2D eigenvalue weighted by molar-refractivity contribution is 5.77. The Bertz CT molecular complexity index is 1230. The van der Waals surface area contributed by atoms with E-state index in [0.717, 1.165) is 47.3 Å². The van der Waals surface area contributed by atoms with Crippen LogP contribution in [-0.2, 0) is 6.18 Å². The van der Waals surface area contributed by atoms with Gasteiger partial charge in [0.25, 0.3) is 0 Å². The Morgan fingerprint density at radius 1 is 0.833 bits per heavy atom. The first kappa shape index (κ1) is 25.3. The zero-order chi connectivity index (χ0) is 25.5. The van der Waals surface area contributed by atoms with Crippen molar-refractivity contribution in [1.29, 1.82) is 0 Å². The monoisotopic (exact) mass is 494 g/mol. The number of pyridine rings is 1. The van der Waals surface area contributed by atoms with Crippen LogP contribution < -0.4 is 9.64 Å². The van der Waals surface area contributed by atoms with Gasteiger partial charge in [0.15, 0.2) is 0 Å². The van der Waals surface area contributed by atoms with Gasteiger partial charge in [0, 0.05) is 11.4 Å². The Labute approximate surface area is 209 Å². The van der Waals surface area contributed by atoms with Crippen molar-refractivity contribution >= 4 is 17.1 Å². The fourth-order valence-corrected chi connectivity index (χ4v) is 3.82. The van der Waals surface area contributed by atoms with Gasteiger partial charge < -0.3 is 9.64 Å². The lowest BCUT2D eigenvalue weighted by Gasteiger charge is -2.25. The van der Waals surface area contributed by atoms with E-state index in [9.17, 15) is 13.2 Å². The topological polar surface area (TPSA) is 54.0 Å². The van der Waals surface area contributed by atoms with Gasteiger partial charge in [0.2, 0.25) is 0 Å². The second-order valence-electron chi connectivity index (χ2n) is 8.64. The van der Waals surface area contributed by atoms with Crippen molar-refractivity contribution in [2.45, 2.75) is 45.7 Å². The molecule has 2 heterocycles. The number of rotatable bonds is 10. The van der Waals surface area contributed by atoms with Crippen molar-refractivity contribution in [3.05, 3.63) is 84.2 Å². The summed E-state index contributed by atoms with van der Waals surface area (Å²) in [5.74, 6) is 0.812. The summed E-state index contributed by atoms with van der Waals surface area (Å²) in [4.78, 5) is 6.43. The molecule has 4 rings (SSSR count). The van der Waals surface area contributed by atoms with E-state index in [1.807, 2.05) is 71.5 Å². The van der Waals surface area contributed by atoms with Gasteiger partial charge in [-0.3, -0.25) is 10.1 Å². The van der Waals surface area contributed by atoms with E-state index in [4.69, 9.17) is 4.74 Å². The summed E-state index contributed by atoms with van der Waals surface area (Å²) in [5.41, 5.74) is 3.32. The van der Waals surface area contributed by atoms with Crippen molar-refractivity contribution in [3.63, 3.8) is 0 Å². The molecule has 0 bridgehead atoms. The van der Waals surface area contributed by atoms with E-state index in [-0.39, 0.29) is 5.69 Å². The second-order valence-corrected chi connectivity index (χ2v) is 8.64. The lowest BCUT2D eigenvalue weighted by Crippen LogP contribution is -2.10. The molecule has 0 saturated heterocycles. The normalized spacial score (nSPS) is 11.5. The summed E-state index contributed by atoms with van der Waals surface area (Å²) in [6.07, 6.45) is 1.74. The molecule has 188 valence electrons. The Balaban J connectivity index is 1.57. The number of ether oxygens (including phenoxy) is 1. The summed E-state index contributed by atoms with van der Waals surface area (Å²) >= 11 is 0. The highest BCUT2D eigenvalue weighted by atomic mass is 19.4. The van der Waals surface area contributed by atoms with E-state index in [1.165, 1.54) is 12.8 Å². The van der Waals surface area contributed by atoms with Crippen LogP contribution in [-0.4, -0.2) is 21.8 Å². The van der Waals surface area contributed by atoms with Crippen LogP contribution in [0.5, 0.6) is 5.75 Å². The standard InChI is InChI=1S/C28H29F3N4O/c1-3-4-5-6-17-36-24-14-11-22(12-15-24)35(21-9-7-20(2)8-10-21)23-13-16-25(32-19-23)26-18-27(34-33-26)28(29,30)31/h7-16,18-19H,3-6,17H2,1-2H3,(H,33,34). The number of halogens is 3. The number of aromatic nitrogens is 3. The second kappa shape index (κ2) is 11.3. The molecule has 5 nitrogen and oxygen atoms in total. The zero-order valence-electron chi connectivity index (χ0n) is 20.3. The predicted molar refractivity (Wildman–Crippen MR) is 136 cm³/mol. The molecule has 0 unspecified atom stereocenters. The highest BCUT2D eigenvalue weighted by Gasteiger charge is 2.33. The van der Waals surface area contributed by atoms with Crippen LogP contribution in [0.15, 0.2) is 72.9 Å². The molecular weight excluding hydrogens is 465 g/mol. The van der Waals surface area contributed by atoms with Crippen molar-refractivity contribution in [1.82, 2.24) is 15.2 Å². The number of aromatic amines is 1. The minimum atomic E-state index is -4.49. The highest BCUT2D eigenvalue weighted by Crippen LogP contribution is 2.36. The summed E-state index contributed by atoms with van der Waals surface area (Å²) in [6.45, 7) is 4.90. The van der Waals surface area contributed by atoms with E-state index >= 15 is 0 Å². The van der Waals surface area contributed by atoms with E-state index < -0.39 is 11.9 Å². The minimum absolute atomic E-state index is 0.135. The number of nitrogens with zero attached hydrogens (tertiary/aromatic N) is 3. The van der Waals surface area contributed by atoms with Gasteiger partial charge in [-0.15, -0.1) is 0 Å². The van der Waals surface area contributed by atoms with Crippen LogP contribution in [0.3, 0.4) is 0 Å². The molecule has 0 spiro atoms. The minimum Gasteiger partial charge on any atom is -0.494 e. The summed E-state index contributed by atoms with van der Waals surface area (Å²) in [5, 5.41) is 5.80. The molecule has 2 aromatic heterocycles. The van der Waals surface area contributed by atoms with E-state index in [1.54, 1.807) is 12.3 Å². The third kappa shape index (κ3) is 6.24. The molecule has 0 aliphatic carbocycles. The average molecular weight is 495 g/mol. The molecular formula is C28H29F3N4O. The number of H-pyrrole nitrogens is 1. The summed E-state index contributed by atoms with van der Waals surface area (Å²) in [7, 11) is 0. The molecule has 0 aliphatic heterocycles. The van der Waals surface area contributed by atoms with E-state index in [2.05, 4.69) is 17.0 Å². The fraction of sp³-hybridized carbons (Fsp3) is 0.286. The van der Waals surface area contributed by atoms with Crippen LogP contribution in [0.1, 0.15) is 43.9 Å². The van der Waals surface area contributed by atoms with Crippen molar-refractivity contribution in [3.8, 4) is 17.1 Å². The lowest BCUT2D eigenvalue weighted by molar-refractivity contribution is -0.141. The Morgan fingerprint density at radius 3 is 2.08 bits per heavy atom. The number of hydrogen-bond donors (Lipinski definition) is 1. The van der Waals surface area contributed by atoms with Crippen LogP contribution in [0.2, 0.25) is 0 Å². The number of aryl methyl sites for hydroxylation is 1. The molecule has 0 aliphatic rings. The van der Waals surface area contributed by atoms with Gasteiger partial charge in [-0.05, 0) is 67.9 Å². The van der Waals surface area contributed by atoms with Gasteiger partial charge >= 0.3 is 6.18 Å². The molecule has 0 atom stereocenters. The summed E-state index contributed by atoms with van der Waals surface area (Å²) < 4.78 is 44.7. The third-order valence-electron chi connectivity index (χ3n) is 5.81. The number of unbranched alkanes of at least 4 members (excludes halogenated alkanes) is 3. The summed E-state index contributed by atoms with van der Waals surface area (Å²) in [6, 6.07) is 20.4. The largest absolute Gasteiger partial charge is 0.494 e. The molecule has 36 heavy (non-hydrogen) atoms. The van der Waals surface area contributed by atoms with Crippen LogP contribution >= 0.6 is 0 Å². The molecule has 0 radical (unpaired) electrons. The Hall–Kier alpha value is -3.81. The first-order valence-corrected chi connectivity index (χ1v) is 12.0. The molecule has 0 saturated carbocycles. The first-order valence-electron chi connectivity index (χ1n) is 12.0. The van der Waals surface area contributed by atoms with Crippen molar-refractivity contribution < 1.29 is 17.9 Å². The molecule has 1 N–H and O–H groups in total. The van der Waals surface area contributed by atoms with Gasteiger partial charge in [-0.2, -0.15) is 18.3 Å². The Kier molecular flexibility index (Phi) is 7.93. The van der Waals surface area contributed by atoms with Gasteiger partial charge in [0.1, 0.15) is 17.1 Å². The maximum Gasteiger partial charge on any atom is 0.432 e. The maximum absolute atomic E-state index is 12.9. The first-order chi connectivity index (χ1) is 17.3. The smallest absolute Gasteiger partial charge is 0.432 e. The number of nitrogens with one attached hydrogen (secondary N) is 1. The molecule has 0 amide bonds. The van der Waals surface area contributed by atoms with Gasteiger partial charge in [-0.25, -0.2) is 0 Å². The van der Waals surface area contributed by atoms with Gasteiger partial charge in [-0.1, -0.05) is 43.9 Å². The predicted octanol–water partition coefficient (Wildman–Crippen LogP) is 8.23. The lowest BCUT2D eigenvalue weighted by atomic mass is 10.1. The Morgan fingerprint density at radius 2 is 1.50 bits per heavy atom. The average Bonchev–Trinajstić information content (AvgIpc) is 3.38.